The Morgan fingerprint density at radius 2 is 1.67 bits per heavy atom. The summed E-state index contributed by atoms with van der Waals surface area (Å²) in [4.78, 5) is 30.4. The van der Waals surface area contributed by atoms with E-state index in [-0.39, 0.29) is 17.9 Å². The Bertz CT molecular complexity index is 1350. The fourth-order valence-electron chi connectivity index (χ4n) is 3.89. The van der Waals surface area contributed by atoms with Crippen LogP contribution in [0.1, 0.15) is 22.1 Å². The number of aryl methyl sites for hydroxylation is 2. The minimum Gasteiger partial charge on any atom is -0.399 e. The second-order valence-electron chi connectivity index (χ2n) is 8.24. The van der Waals surface area contributed by atoms with Crippen LogP contribution in [-0.2, 0) is 0 Å². The molecule has 4 aromatic rings. The van der Waals surface area contributed by atoms with E-state index in [9.17, 15) is 4.79 Å². The van der Waals surface area contributed by atoms with Crippen molar-refractivity contribution in [2.75, 3.05) is 46.6 Å². The quantitative estimate of drug-likeness (QED) is 0.399. The highest BCUT2D eigenvalue weighted by molar-refractivity contribution is 6.34. The number of nitrogens with zero attached hydrogens (tertiary/aromatic N) is 7. The van der Waals surface area contributed by atoms with Crippen LogP contribution >= 0.6 is 11.6 Å². The van der Waals surface area contributed by atoms with Gasteiger partial charge in [0.05, 0.1) is 10.7 Å². The molecule has 0 spiro atoms. The van der Waals surface area contributed by atoms with E-state index in [1.54, 1.807) is 19.1 Å². The van der Waals surface area contributed by atoms with E-state index in [1.807, 2.05) is 31.2 Å². The standard InChI is InChI=1S/C24H24ClN9O2/c1-15-7-6-10-18(25)19(15)28-20(35)21-31-32-24(36-21)30-22-26-16(2)27-23(29-22)34-13-11-33(12-14-34)17-8-4-3-5-9-17/h3-10H,11-14H2,1-2H3,(H,28,35)(H,26,27,29,30,32). The number of benzene rings is 2. The highest BCUT2D eigenvalue weighted by Crippen LogP contribution is 2.26. The number of carbonyl (C=O) groups excluding carboxylic acids is 1. The maximum Gasteiger partial charge on any atom is 0.322 e. The molecule has 1 aliphatic rings. The minimum atomic E-state index is -0.574. The first kappa shape index (κ1) is 23.5. The van der Waals surface area contributed by atoms with E-state index >= 15 is 0 Å². The Hall–Kier alpha value is -4.25. The summed E-state index contributed by atoms with van der Waals surface area (Å²) in [6.45, 7) is 6.86. The molecule has 2 aromatic heterocycles. The summed E-state index contributed by atoms with van der Waals surface area (Å²) < 4.78 is 5.48. The van der Waals surface area contributed by atoms with Crippen LogP contribution in [0.3, 0.4) is 0 Å². The van der Waals surface area contributed by atoms with Crippen LogP contribution in [0, 0.1) is 13.8 Å². The zero-order valence-corrected chi connectivity index (χ0v) is 20.5. The molecular formula is C24H24ClN9O2. The summed E-state index contributed by atoms with van der Waals surface area (Å²) in [6, 6.07) is 15.6. The van der Waals surface area contributed by atoms with Crippen molar-refractivity contribution >= 4 is 46.8 Å². The van der Waals surface area contributed by atoms with Crippen molar-refractivity contribution in [1.29, 1.82) is 0 Å². The molecule has 1 saturated heterocycles. The van der Waals surface area contributed by atoms with Gasteiger partial charge in [0.2, 0.25) is 11.9 Å². The number of amides is 1. The number of aromatic nitrogens is 5. The molecule has 3 heterocycles. The Kier molecular flexibility index (Phi) is 6.63. The van der Waals surface area contributed by atoms with Gasteiger partial charge in [-0.25, -0.2) is 0 Å². The number of hydrogen-bond acceptors (Lipinski definition) is 10. The van der Waals surface area contributed by atoms with Gasteiger partial charge in [-0.1, -0.05) is 47.0 Å². The fourth-order valence-corrected chi connectivity index (χ4v) is 4.16. The third kappa shape index (κ3) is 5.20. The number of halogens is 1. The molecule has 0 aliphatic carbocycles. The molecule has 2 aromatic carbocycles. The van der Waals surface area contributed by atoms with Crippen LogP contribution < -0.4 is 20.4 Å². The van der Waals surface area contributed by atoms with Crippen molar-refractivity contribution < 1.29 is 9.21 Å². The fraction of sp³-hybridized carbons (Fsp3) is 0.250. The summed E-state index contributed by atoms with van der Waals surface area (Å²) in [6.07, 6.45) is 0. The average Bonchev–Trinajstić information content (AvgIpc) is 3.35. The lowest BCUT2D eigenvalue weighted by atomic mass is 10.2. The molecule has 0 saturated carbocycles. The summed E-state index contributed by atoms with van der Waals surface area (Å²) in [5.41, 5.74) is 2.50. The lowest BCUT2D eigenvalue weighted by Gasteiger charge is -2.36. The van der Waals surface area contributed by atoms with Crippen molar-refractivity contribution in [2.45, 2.75) is 13.8 Å². The SMILES string of the molecule is Cc1nc(Nc2nnc(C(=O)Nc3c(C)cccc3Cl)o2)nc(N2CCN(c3ccccc3)CC2)n1. The summed E-state index contributed by atoms with van der Waals surface area (Å²) in [5.74, 6) is 0.556. The van der Waals surface area contributed by atoms with E-state index in [1.165, 1.54) is 5.69 Å². The zero-order valence-electron chi connectivity index (χ0n) is 19.8. The van der Waals surface area contributed by atoms with Crippen LogP contribution in [0.2, 0.25) is 5.02 Å². The van der Waals surface area contributed by atoms with Crippen molar-refractivity contribution in [1.82, 2.24) is 25.1 Å². The predicted octanol–water partition coefficient (Wildman–Crippen LogP) is 3.85. The van der Waals surface area contributed by atoms with Crippen molar-refractivity contribution in [2.24, 2.45) is 0 Å². The van der Waals surface area contributed by atoms with Crippen LogP contribution in [-0.4, -0.2) is 57.2 Å². The Morgan fingerprint density at radius 1 is 0.917 bits per heavy atom. The minimum absolute atomic E-state index is 0.0125. The van der Waals surface area contributed by atoms with Crippen molar-refractivity contribution in [3.8, 4) is 0 Å². The maximum absolute atomic E-state index is 12.6. The number of para-hydroxylation sites is 2. The number of rotatable bonds is 6. The first-order valence-corrected chi connectivity index (χ1v) is 11.8. The molecule has 1 aliphatic heterocycles. The highest BCUT2D eigenvalue weighted by Gasteiger charge is 2.22. The number of carbonyl (C=O) groups is 1. The van der Waals surface area contributed by atoms with Gasteiger partial charge in [-0.2, -0.15) is 15.0 Å². The summed E-state index contributed by atoms with van der Waals surface area (Å²) in [7, 11) is 0. The van der Waals surface area contributed by atoms with Crippen LogP contribution in [0.25, 0.3) is 0 Å². The number of anilines is 5. The van der Waals surface area contributed by atoms with Gasteiger partial charge < -0.3 is 19.5 Å². The molecule has 0 radical (unpaired) electrons. The molecule has 36 heavy (non-hydrogen) atoms. The maximum atomic E-state index is 12.6. The number of nitrogens with one attached hydrogen (secondary N) is 2. The monoisotopic (exact) mass is 505 g/mol. The lowest BCUT2D eigenvalue weighted by molar-refractivity contribution is 0.0991. The van der Waals surface area contributed by atoms with E-state index in [0.717, 1.165) is 31.7 Å². The third-order valence-corrected chi connectivity index (χ3v) is 6.03. The predicted molar refractivity (Wildman–Crippen MR) is 137 cm³/mol. The van der Waals surface area contributed by atoms with Crippen LogP contribution in [0.5, 0.6) is 0 Å². The zero-order chi connectivity index (χ0) is 25.1. The van der Waals surface area contributed by atoms with E-state index in [2.05, 4.69) is 57.7 Å². The van der Waals surface area contributed by atoms with Gasteiger partial charge in [-0.05, 0) is 37.6 Å². The molecule has 0 unspecified atom stereocenters. The van der Waals surface area contributed by atoms with Crippen LogP contribution in [0.4, 0.5) is 29.3 Å². The molecule has 2 N–H and O–H groups in total. The van der Waals surface area contributed by atoms with Gasteiger partial charge >= 0.3 is 17.8 Å². The van der Waals surface area contributed by atoms with Gasteiger partial charge in [-0.3, -0.25) is 10.1 Å². The molecular weight excluding hydrogens is 482 g/mol. The normalized spacial score (nSPS) is 13.5. The molecule has 0 atom stereocenters. The Balaban J connectivity index is 1.25. The molecule has 0 bridgehead atoms. The largest absolute Gasteiger partial charge is 0.399 e. The topological polar surface area (TPSA) is 125 Å². The first-order valence-electron chi connectivity index (χ1n) is 11.4. The Labute approximate surface area is 212 Å². The van der Waals surface area contributed by atoms with Crippen molar-refractivity contribution in [3.05, 3.63) is 70.8 Å². The van der Waals surface area contributed by atoms with E-state index in [4.69, 9.17) is 16.0 Å². The van der Waals surface area contributed by atoms with Crippen LogP contribution in [0.15, 0.2) is 52.9 Å². The highest BCUT2D eigenvalue weighted by atomic mass is 35.5. The van der Waals surface area contributed by atoms with Gasteiger partial charge in [0.15, 0.2) is 0 Å². The molecule has 184 valence electrons. The molecule has 12 heteroatoms. The van der Waals surface area contributed by atoms with E-state index < -0.39 is 5.91 Å². The molecule has 1 amide bonds. The average molecular weight is 506 g/mol. The Morgan fingerprint density at radius 3 is 2.42 bits per heavy atom. The van der Waals surface area contributed by atoms with Gasteiger partial charge in [0.1, 0.15) is 5.82 Å². The smallest absolute Gasteiger partial charge is 0.322 e. The second kappa shape index (κ2) is 10.2. The first-order chi connectivity index (χ1) is 17.5. The molecule has 5 rings (SSSR count). The number of hydrogen-bond donors (Lipinski definition) is 2. The molecule has 11 nitrogen and oxygen atoms in total. The van der Waals surface area contributed by atoms with Gasteiger partial charge in [0.25, 0.3) is 0 Å². The number of piperazine rings is 1. The van der Waals surface area contributed by atoms with E-state index in [0.29, 0.717) is 22.5 Å². The lowest BCUT2D eigenvalue weighted by Crippen LogP contribution is -2.47. The van der Waals surface area contributed by atoms with Crippen molar-refractivity contribution in [3.63, 3.8) is 0 Å². The molecule has 1 fully saturated rings. The summed E-state index contributed by atoms with van der Waals surface area (Å²) >= 11 is 6.18. The van der Waals surface area contributed by atoms with Gasteiger partial charge in [-0.15, -0.1) is 5.10 Å². The third-order valence-electron chi connectivity index (χ3n) is 5.72. The van der Waals surface area contributed by atoms with Gasteiger partial charge in [0, 0.05) is 31.9 Å². The second-order valence-corrected chi connectivity index (χ2v) is 8.65. The summed E-state index contributed by atoms with van der Waals surface area (Å²) in [5, 5.41) is 13.7.